The number of carbonyl (C=O) groups is 3. The fraction of sp³-hybridized carbons (Fsp3) is 0.450. The maximum atomic E-state index is 11.9. The molecular weight excluding hydrogens is 382 g/mol. The number of hydrogen-bond donors (Lipinski definition) is 4. The van der Waals surface area contributed by atoms with Crippen LogP contribution in [0.4, 0.5) is 0 Å². The molecule has 1 atom stereocenters. The Morgan fingerprint density at radius 2 is 2.03 bits per heavy atom. The number of methoxy groups -OCH3 is 1. The van der Waals surface area contributed by atoms with Crippen LogP contribution in [0.15, 0.2) is 11.6 Å². The minimum atomic E-state index is -1.33. The van der Waals surface area contributed by atoms with E-state index in [1.807, 2.05) is 0 Å². The number of esters is 1. The molecule has 1 aromatic carbocycles. The Kier molecular flexibility index (Phi) is 7.22. The van der Waals surface area contributed by atoms with Crippen molar-refractivity contribution in [2.45, 2.75) is 45.8 Å². The molecule has 0 saturated carbocycles. The number of aliphatic hydroxyl groups excluding tert-OH is 1. The zero-order valence-electron chi connectivity index (χ0n) is 16.6. The molecule has 0 fully saturated rings. The molecule has 0 aromatic heterocycles. The molecule has 1 aliphatic heterocycles. The maximum Gasteiger partial charge on any atom is 0.342 e. The number of aliphatic hydroxyl groups is 1. The van der Waals surface area contributed by atoms with Gasteiger partial charge in [-0.15, -0.1) is 0 Å². The fourth-order valence-corrected chi connectivity index (χ4v) is 3.17. The van der Waals surface area contributed by atoms with Gasteiger partial charge in [0.1, 0.15) is 29.7 Å². The Morgan fingerprint density at radius 1 is 1.34 bits per heavy atom. The van der Waals surface area contributed by atoms with Crippen molar-refractivity contribution in [2.75, 3.05) is 13.7 Å². The van der Waals surface area contributed by atoms with E-state index in [2.05, 4.69) is 5.32 Å². The largest absolute Gasteiger partial charge is 0.507 e. The van der Waals surface area contributed by atoms with Crippen molar-refractivity contribution in [1.82, 2.24) is 5.32 Å². The standard InChI is InChI=1S/C20H25NO8/c1-10(5-7-15(23)21-14(8-22)19(25)26)4-6-12-17(24)16-13(9-29-20(16)27)11(2)18(12)28-3/h4,14,22,24H,5-9H2,1-3H3,(H,21,23)(H,25,26)/b10-4+/t14-/m0/s1. The minimum absolute atomic E-state index is 0.0464. The number of phenols is 1. The van der Waals surface area contributed by atoms with Gasteiger partial charge in [-0.3, -0.25) is 4.79 Å². The highest BCUT2D eigenvalue weighted by Crippen LogP contribution is 2.42. The molecular formula is C20H25NO8. The molecule has 9 nitrogen and oxygen atoms in total. The summed E-state index contributed by atoms with van der Waals surface area (Å²) >= 11 is 0. The average molecular weight is 407 g/mol. The van der Waals surface area contributed by atoms with Gasteiger partial charge in [-0.2, -0.15) is 0 Å². The number of benzene rings is 1. The lowest BCUT2D eigenvalue weighted by molar-refractivity contribution is -0.142. The maximum absolute atomic E-state index is 11.9. The summed E-state index contributed by atoms with van der Waals surface area (Å²) in [6.45, 7) is 3.00. The lowest BCUT2D eigenvalue weighted by Crippen LogP contribution is -2.43. The van der Waals surface area contributed by atoms with Crippen LogP contribution < -0.4 is 10.1 Å². The predicted molar refractivity (Wildman–Crippen MR) is 102 cm³/mol. The van der Waals surface area contributed by atoms with E-state index >= 15 is 0 Å². The molecule has 158 valence electrons. The Hall–Kier alpha value is -3.07. The monoisotopic (exact) mass is 407 g/mol. The van der Waals surface area contributed by atoms with Gasteiger partial charge >= 0.3 is 11.9 Å². The van der Waals surface area contributed by atoms with Gasteiger partial charge in [-0.1, -0.05) is 11.6 Å². The van der Waals surface area contributed by atoms with E-state index in [4.69, 9.17) is 19.7 Å². The number of allylic oxidation sites excluding steroid dienone is 2. The second kappa shape index (κ2) is 9.42. The lowest BCUT2D eigenvalue weighted by Gasteiger charge is -2.16. The number of cyclic esters (lactones) is 1. The van der Waals surface area contributed by atoms with Gasteiger partial charge < -0.3 is 30.1 Å². The molecule has 9 heteroatoms. The highest BCUT2D eigenvalue weighted by atomic mass is 16.5. The number of nitrogens with one attached hydrogen (secondary N) is 1. The topological polar surface area (TPSA) is 142 Å². The van der Waals surface area contributed by atoms with Crippen molar-refractivity contribution < 1.29 is 39.2 Å². The number of carbonyl (C=O) groups excluding carboxylic acids is 2. The Morgan fingerprint density at radius 3 is 2.62 bits per heavy atom. The highest BCUT2D eigenvalue weighted by molar-refractivity contribution is 5.98. The minimum Gasteiger partial charge on any atom is -0.507 e. The normalized spacial score (nSPS) is 14.2. The van der Waals surface area contributed by atoms with Crippen LogP contribution in [0, 0.1) is 6.92 Å². The van der Waals surface area contributed by atoms with E-state index in [0.29, 0.717) is 23.3 Å². The zero-order chi connectivity index (χ0) is 21.7. The van der Waals surface area contributed by atoms with Crippen molar-refractivity contribution in [2.24, 2.45) is 0 Å². The second-order valence-electron chi connectivity index (χ2n) is 6.81. The van der Waals surface area contributed by atoms with Gasteiger partial charge in [-0.25, -0.2) is 9.59 Å². The second-order valence-corrected chi connectivity index (χ2v) is 6.81. The number of phenolic OH excluding ortho intramolecular Hbond substituents is 1. The van der Waals surface area contributed by atoms with Crippen LogP contribution in [0.2, 0.25) is 0 Å². The third-order valence-corrected chi connectivity index (χ3v) is 4.86. The van der Waals surface area contributed by atoms with Crippen LogP contribution in [0.1, 0.15) is 46.8 Å². The zero-order valence-corrected chi connectivity index (χ0v) is 16.6. The molecule has 29 heavy (non-hydrogen) atoms. The first-order valence-electron chi connectivity index (χ1n) is 9.08. The molecule has 0 radical (unpaired) electrons. The van der Waals surface area contributed by atoms with Crippen molar-refractivity contribution >= 4 is 17.8 Å². The summed E-state index contributed by atoms with van der Waals surface area (Å²) in [5, 5.41) is 30.6. The number of aliphatic carboxylic acids is 1. The van der Waals surface area contributed by atoms with Crippen LogP contribution in [-0.2, 0) is 27.4 Å². The van der Waals surface area contributed by atoms with E-state index in [1.54, 1.807) is 19.9 Å². The third-order valence-electron chi connectivity index (χ3n) is 4.86. The van der Waals surface area contributed by atoms with Crippen LogP contribution in [0.5, 0.6) is 11.5 Å². The molecule has 1 aromatic rings. The smallest absolute Gasteiger partial charge is 0.342 e. The van der Waals surface area contributed by atoms with Gasteiger partial charge in [0.05, 0.1) is 13.7 Å². The Labute approximate surface area is 167 Å². The molecule has 1 aliphatic rings. The molecule has 0 spiro atoms. The number of rotatable bonds is 9. The van der Waals surface area contributed by atoms with E-state index < -0.39 is 30.5 Å². The van der Waals surface area contributed by atoms with Gasteiger partial charge in [0.2, 0.25) is 5.91 Å². The lowest BCUT2D eigenvalue weighted by atomic mass is 9.94. The summed E-state index contributed by atoms with van der Waals surface area (Å²) in [6.07, 6.45) is 2.49. The first-order chi connectivity index (χ1) is 13.7. The summed E-state index contributed by atoms with van der Waals surface area (Å²) < 4.78 is 10.4. The first-order valence-corrected chi connectivity index (χ1v) is 9.08. The number of aromatic hydroxyl groups is 1. The molecule has 0 saturated heterocycles. The van der Waals surface area contributed by atoms with E-state index in [-0.39, 0.29) is 30.8 Å². The molecule has 1 amide bonds. The van der Waals surface area contributed by atoms with Crippen molar-refractivity contribution in [1.29, 1.82) is 0 Å². The summed E-state index contributed by atoms with van der Waals surface area (Å²) in [5.41, 5.74) is 2.79. The Bertz CT molecular complexity index is 859. The van der Waals surface area contributed by atoms with Crippen LogP contribution in [0.3, 0.4) is 0 Å². The summed E-state index contributed by atoms with van der Waals surface area (Å²) in [7, 11) is 1.48. The van der Waals surface area contributed by atoms with Crippen LogP contribution in [-0.4, -0.2) is 52.9 Å². The van der Waals surface area contributed by atoms with Crippen molar-refractivity contribution in [3.63, 3.8) is 0 Å². The van der Waals surface area contributed by atoms with Gasteiger partial charge in [-0.05, 0) is 32.3 Å². The third kappa shape index (κ3) is 4.86. The fourth-order valence-electron chi connectivity index (χ4n) is 3.17. The molecule has 0 bridgehead atoms. The van der Waals surface area contributed by atoms with Gasteiger partial charge in [0, 0.05) is 17.5 Å². The number of amides is 1. The number of carboxylic acid groups (broad SMARTS) is 1. The summed E-state index contributed by atoms with van der Waals surface area (Å²) in [4.78, 5) is 34.6. The van der Waals surface area contributed by atoms with Crippen LogP contribution in [0.25, 0.3) is 0 Å². The van der Waals surface area contributed by atoms with Crippen LogP contribution >= 0.6 is 0 Å². The highest BCUT2D eigenvalue weighted by Gasteiger charge is 2.31. The molecule has 0 unspecified atom stereocenters. The molecule has 4 N–H and O–H groups in total. The summed E-state index contributed by atoms with van der Waals surface area (Å²) in [5.74, 6) is -2.05. The van der Waals surface area contributed by atoms with Gasteiger partial charge in [0.15, 0.2) is 0 Å². The molecule has 0 aliphatic carbocycles. The number of ether oxygens (including phenoxy) is 2. The van der Waals surface area contributed by atoms with Crippen molar-refractivity contribution in [3.8, 4) is 11.5 Å². The van der Waals surface area contributed by atoms with E-state index in [9.17, 15) is 19.5 Å². The number of carboxylic acids is 1. The predicted octanol–water partition coefficient (Wildman–Crippen LogP) is 1.21. The SMILES string of the molecule is COc1c(C)c2c(c(O)c1C/C=C(\C)CCC(=O)N[C@@H](CO)C(=O)O)C(=O)OC2. The van der Waals surface area contributed by atoms with Crippen molar-refractivity contribution in [3.05, 3.63) is 33.9 Å². The quantitative estimate of drug-likeness (QED) is 0.353. The first kappa shape index (κ1) is 22.2. The Balaban J connectivity index is 2.10. The van der Waals surface area contributed by atoms with E-state index in [0.717, 1.165) is 11.1 Å². The number of fused-ring (bicyclic) bond motifs is 1. The van der Waals surface area contributed by atoms with Gasteiger partial charge in [0.25, 0.3) is 0 Å². The number of hydrogen-bond acceptors (Lipinski definition) is 7. The molecule has 1 heterocycles. The van der Waals surface area contributed by atoms with E-state index in [1.165, 1.54) is 7.11 Å². The summed E-state index contributed by atoms with van der Waals surface area (Å²) in [6, 6.07) is -1.33. The average Bonchev–Trinajstić information content (AvgIpc) is 3.07. The molecule has 2 rings (SSSR count).